The Labute approximate surface area is 184 Å². The number of anilines is 1. The molecule has 4 aromatic heterocycles. The van der Waals surface area contributed by atoms with E-state index in [4.69, 9.17) is 16.5 Å². The number of aromatic nitrogens is 4. The van der Waals surface area contributed by atoms with E-state index in [-0.39, 0.29) is 5.92 Å². The van der Waals surface area contributed by atoms with Crippen molar-refractivity contribution in [1.29, 1.82) is 0 Å². The molecule has 0 atom stereocenters. The second kappa shape index (κ2) is 8.93. The van der Waals surface area contributed by atoms with E-state index in [9.17, 15) is 0 Å². The van der Waals surface area contributed by atoms with E-state index >= 15 is 0 Å². The highest BCUT2D eigenvalue weighted by atomic mass is 32.1. The van der Waals surface area contributed by atoms with Crippen molar-refractivity contribution in [2.24, 2.45) is 17.4 Å². The zero-order valence-corrected chi connectivity index (χ0v) is 18.1. The molecule has 0 fully saturated rings. The van der Waals surface area contributed by atoms with Crippen molar-refractivity contribution < 1.29 is 0 Å². The summed E-state index contributed by atoms with van der Waals surface area (Å²) in [7, 11) is 0. The largest absolute Gasteiger partial charge is 0.404 e. The van der Waals surface area contributed by atoms with E-state index in [0.717, 1.165) is 38.3 Å². The molecule has 31 heavy (non-hydrogen) atoms. The first-order valence-corrected chi connectivity index (χ1v) is 10.7. The highest BCUT2D eigenvalue weighted by molar-refractivity contribution is 7.13. The van der Waals surface area contributed by atoms with E-state index in [1.165, 1.54) is 0 Å². The minimum atomic E-state index is 0.273. The topological polar surface area (TPSA) is 116 Å². The molecule has 156 valence electrons. The average molecular weight is 430 g/mol. The molecule has 0 aliphatic heterocycles. The highest BCUT2D eigenvalue weighted by Gasteiger charge is 2.13. The van der Waals surface area contributed by atoms with Crippen molar-refractivity contribution in [3.8, 4) is 21.7 Å². The summed E-state index contributed by atoms with van der Waals surface area (Å²) in [6.07, 6.45) is 8.79. The summed E-state index contributed by atoms with van der Waals surface area (Å²) in [5.41, 5.74) is 19.0. The average Bonchev–Trinajstić information content (AvgIpc) is 3.27. The lowest BCUT2D eigenvalue weighted by molar-refractivity contribution is 0.786. The maximum Gasteiger partial charge on any atom is 0.132 e. The van der Waals surface area contributed by atoms with Crippen molar-refractivity contribution in [3.05, 3.63) is 78.1 Å². The van der Waals surface area contributed by atoms with Gasteiger partial charge in [-0.1, -0.05) is 13.8 Å². The third-order valence-corrected chi connectivity index (χ3v) is 5.63. The van der Waals surface area contributed by atoms with Crippen LogP contribution in [0, 0.1) is 5.92 Å². The molecule has 0 bridgehead atoms. The summed E-state index contributed by atoms with van der Waals surface area (Å²) in [6.45, 7) is 4.12. The summed E-state index contributed by atoms with van der Waals surface area (Å²) < 4.78 is 0. The molecule has 4 heterocycles. The van der Waals surface area contributed by atoms with Crippen LogP contribution in [0.4, 0.5) is 5.82 Å². The number of nitrogens with one attached hydrogen (secondary N) is 1. The Kier molecular flexibility index (Phi) is 5.90. The molecule has 0 saturated heterocycles. The van der Waals surface area contributed by atoms with Gasteiger partial charge in [-0.15, -0.1) is 11.3 Å². The Morgan fingerprint density at radius 1 is 1.10 bits per heavy atom. The van der Waals surface area contributed by atoms with Gasteiger partial charge in [-0.25, -0.2) is 9.97 Å². The van der Waals surface area contributed by atoms with Crippen LogP contribution in [-0.4, -0.2) is 19.9 Å². The van der Waals surface area contributed by atoms with Gasteiger partial charge in [0.05, 0.1) is 27.1 Å². The number of nitrogens with zero attached hydrogens (tertiary/aromatic N) is 4. The van der Waals surface area contributed by atoms with Crippen LogP contribution in [0.2, 0.25) is 0 Å². The van der Waals surface area contributed by atoms with Gasteiger partial charge in [0.25, 0.3) is 0 Å². The van der Waals surface area contributed by atoms with Crippen molar-refractivity contribution >= 4 is 28.2 Å². The third kappa shape index (κ3) is 4.54. The first-order chi connectivity index (χ1) is 15.0. The van der Waals surface area contributed by atoms with Gasteiger partial charge in [-0.2, -0.15) is 0 Å². The van der Waals surface area contributed by atoms with Crippen LogP contribution in [0.15, 0.2) is 78.1 Å². The number of rotatable bonds is 6. The molecule has 8 heteroatoms. The number of thiazole rings is 1. The molecule has 0 unspecified atom stereocenters. The van der Waals surface area contributed by atoms with Gasteiger partial charge < -0.3 is 16.8 Å². The second-order valence-corrected chi connectivity index (χ2v) is 8.13. The molecule has 5 N–H and O–H groups in total. The smallest absolute Gasteiger partial charge is 0.132 e. The molecule has 0 aromatic carbocycles. The Morgan fingerprint density at radius 2 is 1.97 bits per heavy atom. The van der Waals surface area contributed by atoms with Crippen molar-refractivity contribution in [2.45, 2.75) is 13.8 Å². The maximum absolute atomic E-state index is 6.14. The van der Waals surface area contributed by atoms with Crippen LogP contribution in [0.3, 0.4) is 0 Å². The predicted octanol–water partition coefficient (Wildman–Crippen LogP) is 4.53. The molecular weight excluding hydrogens is 406 g/mol. The standard InChI is InChI=1S/C23H23N7S/c1-14(2)16(10-24)9-20(25)30-21-6-5-18-19(29-21)8-17(12-27-18)23-22(28-13-31-23)15-4-3-7-26-11-15/h3-14H,24-25H2,1-2H3,(H,29,30)/b16-10+,20-9+. The number of hydrogen-bond donors (Lipinski definition) is 3. The highest BCUT2D eigenvalue weighted by Crippen LogP contribution is 2.35. The number of pyridine rings is 3. The van der Waals surface area contributed by atoms with E-state index < -0.39 is 0 Å². The zero-order chi connectivity index (χ0) is 21.8. The van der Waals surface area contributed by atoms with Gasteiger partial charge >= 0.3 is 0 Å². The Hall–Kier alpha value is -3.78. The summed E-state index contributed by atoms with van der Waals surface area (Å²) >= 11 is 1.56. The number of allylic oxidation sites excluding steroid dienone is 2. The van der Waals surface area contributed by atoms with E-state index in [1.807, 2.05) is 54.3 Å². The zero-order valence-electron chi connectivity index (χ0n) is 17.3. The third-order valence-electron chi connectivity index (χ3n) is 4.76. The van der Waals surface area contributed by atoms with Crippen LogP contribution in [0.25, 0.3) is 32.7 Å². The fourth-order valence-electron chi connectivity index (χ4n) is 3.13. The van der Waals surface area contributed by atoms with Crippen molar-refractivity contribution in [1.82, 2.24) is 19.9 Å². The maximum atomic E-state index is 6.14. The van der Waals surface area contributed by atoms with Gasteiger partial charge in [0.2, 0.25) is 0 Å². The van der Waals surface area contributed by atoms with E-state index in [2.05, 4.69) is 34.1 Å². The van der Waals surface area contributed by atoms with Gasteiger partial charge in [0, 0.05) is 29.7 Å². The summed E-state index contributed by atoms with van der Waals surface area (Å²) in [5, 5.41) is 3.13. The molecule has 0 amide bonds. The molecule has 4 aromatic rings. The Morgan fingerprint density at radius 3 is 2.71 bits per heavy atom. The van der Waals surface area contributed by atoms with E-state index in [1.54, 1.807) is 23.7 Å². The fraction of sp³-hybridized carbons (Fsp3) is 0.130. The van der Waals surface area contributed by atoms with E-state index in [0.29, 0.717) is 11.6 Å². The Balaban J connectivity index is 1.66. The lowest BCUT2D eigenvalue weighted by Crippen LogP contribution is -2.11. The first-order valence-electron chi connectivity index (χ1n) is 9.82. The molecule has 0 radical (unpaired) electrons. The quantitative estimate of drug-likeness (QED) is 0.386. The lowest BCUT2D eigenvalue weighted by atomic mass is 10.0. The van der Waals surface area contributed by atoms with Gasteiger partial charge in [-0.3, -0.25) is 9.97 Å². The number of fused-ring (bicyclic) bond motifs is 1. The molecule has 0 aliphatic rings. The molecular formula is C23H23N7S. The minimum absolute atomic E-state index is 0.273. The van der Waals surface area contributed by atoms with Crippen LogP contribution in [0.5, 0.6) is 0 Å². The summed E-state index contributed by atoms with van der Waals surface area (Å²) in [6, 6.07) is 9.68. The molecule has 7 nitrogen and oxygen atoms in total. The minimum Gasteiger partial charge on any atom is -0.404 e. The lowest BCUT2D eigenvalue weighted by Gasteiger charge is -2.10. The van der Waals surface area contributed by atoms with Crippen molar-refractivity contribution in [3.63, 3.8) is 0 Å². The van der Waals surface area contributed by atoms with Crippen LogP contribution in [0.1, 0.15) is 13.8 Å². The van der Waals surface area contributed by atoms with Gasteiger partial charge in [0.15, 0.2) is 0 Å². The molecule has 0 spiro atoms. The van der Waals surface area contributed by atoms with Crippen LogP contribution in [-0.2, 0) is 0 Å². The first kappa shape index (κ1) is 20.5. The summed E-state index contributed by atoms with van der Waals surface area (Å²) in [4.78, 5) is 19.0. The van der Waals surface area contributed by atoms with Gasteiger partial charge in [0.1, 0.15) is 11.6 Å². The molecule has 0 aliphatic carbocycles. The van der Waals surface area contributed by atoms with Gasteiger partial charge in [-0.05, 0) is 54.1 Å². The second-order valence-electron chi connectivity index (χ2n) is 7.28. The molecule has 0 saturated carbocycles. The monoisotopic (exact) mass is 429 g/mol. The molecule has 4 rings (SSSR count). The Bertz CT molecular complexity index is 1260. The van der Waals surface area contributed by atoms with Crippen molar-refractivity contribution in [2.75, 3.05) is 5.32 Å². The number of hydrogen-bond acceptors (Lipinski definition) is 8. The van der Waals surface area contributed by atoms with Crippen LogP contribution < -0.4 is 16.8 Å². The number of nitrogens with two attached hydrogens (primary N) is 2. The summed E-state index contributed by atoms with van der Waals surface area (Å²) in [5.74, 6) is 1.38. The SMILES string of the molecule is CC(C)C(=C/N)/C=C(\N)Nc1ccc2ncc(-c3scnc3-c3cccnc3)cc2n1. The van der Waals surface area contributed by atoms with Crippen LogP contribution >= 0.6 is 11.3 Å². The fourth-order valence-corrected chi connectivity index (χ4v) is 3.92. The normalized spacial score (nSPS) is 12.5. The predicted molar refractivity (Wildman–Crippen MR) is 127 cm³/mol.